The molecule has 4 saturated heterocycles. The molecular weight excluding hydrogens is 2150 g/mol. The van der Waals surface area contributed by atoms with Gasteiger partial charge >= 0.3 is 74.4 Å². The number of benzene rings is 10. The van der Waals surface area contributed by atoms with E-state index in [9.17, 15) is 24.3 Å². The number of hydrogen-bond acceptors (Lipinski definition) is 25. The summed E-state index contributed by atoms with van der Waals surface area (Å²) in [5.41, 5.74) is 3.32. The van der Waals surface area contributed by atoms with Crippen molar-refractivity contribution in [3.63, 3.8) is 0 Å². The van der Waals surface area contributed by atoms with Gasteiger partial charge in [0.2, 0.25) is 5.91 Å². The van der Waals surface area contributed by atoms with E-state index in [0.29, 0.717) is 70.3 Å². The van der Waals surface area contributed by atoms with Crippen molar-refractivity contribution in [3.05, 3.63) is 276 Å². The number of carbonyl (C=O) groups excluding carboxylic acids is 4. The monoisotopic (exact) mass is 2300 g/mol. The molecule has 0 aliphatic carbocycles. The number of para-hydroxylation sites is 3. The van der Waals surface area contributed by atoms with Crippen LogP contribution in [0.5, 0.6) is 63.2 Å². The maximum absolute atomic E-state index is 14.1. The fourth-order valence-electron chi connectivity index (χ4n) is 13.9. The molecule has 2 unspecified atom stereocenters. The Bertz CT molecular complexity index is 5060. The molecule has 17 rings (SSSR count). The summed E-state index contributed by atoms with van der Waals surface area (Å²) in [6.07, 6.45) is 2.93. The number of Topliss-reactive ketones (excluding diaryl/α,β-unsaturated/α-hetero) is 1. The molecule has 0 saturated carbocycles. The summed E-state index contributed by atoms with van der Waals surface area (Å²) in [6, 6.07) is 72.6. The summed E-state index contributed by atoms with van der Waals surface area (Å²) in [4.78, 5) is 54.9. The summed E-state index contributed by atoms with van der Waals surface area (Å²) in [7, 11) is 4.85. The molecule has 35 heteroatoms. The number of nitrogens with one attached hydrogen (secondary N) is 3. The van der Waals surface area contributed by atoms with Crippen LogP contribution in [0.2, 0.25) is 0 Å². The van der Waals surface area contributed by atoms with E-state index in [4.69, 9.17) is 112 Å². The Morgan fingerprint density at radius 3 is 1.18 bits per heavy atom. The van der Waals surface area contributed by atoms with E-state index in [0.717, 1.165) is 173 Å². The zero-order chi connectivity index (χ0) is 100. The molecule has 0 aromatic heterocycles. The molecule has 28 nitrogen and oxygen atoms in total. The molecule has 7 aliphatic rings. The van der Waals surface area contributed by atoms with Gasteiger partial charge in [-0.25, -0.2) is 0 Å². The van der Waals surface area contributed by atoms with Crippen LogP contribution in [0.25, 0.3) is 0 Å². The van der Waals surface area contributed by atoms with Gasteiger partial charge in [-0.3, -0.25) is 33.9 Å². The second-order valence-electron chi connectivity index (χ2n) is 32.1. The number of aromatic hydroxyl groups is 3. The standard InChI is InChI=1S/C30H34N2O5.C15H13NO3.C15H23NO3.C9H12O2.C8H5NO2.C7H7O.C6H12ClNO.C6H6O2.C4H8O.C3H7I.C2H4Cl2.C2H6O.4CH4.BrH.K.Mg.H2O.H2/c1-21(2)37-24-12-13-28(36-19-16-32-14-17-35-18-15-32)26(20-24)30(22-8-10-23(34-3)11-9-22)25-6-4-5-7-27(25)31-29(30)33;1-19-11-8-6-10(7-9-11)15(18)12-4-2-3-5-13(12)16-14(15)17;1-13(2)19-15-5-3-14(4-6-15)18-12-9-16-7-10-17-11-8-16;1-7(2)11-9-5-3-8(10)4-6-9;10-7-5-3-1-2-4-6(5)9-8(7)11;1-8-7-5-3-2-4-6-7;7-1-2-8-3-5-9-6-4-8;7-5-1-2-6(8)4-3-5;1-2-4-5-3-1;1-3(2)4;3-1-2-4;1-2-3;;;;;;;;;/h4-13,20-21H,14-19H2,1-3H3,(H,31,33);2-9,18H,1H3,(H,16,17);3-6,13H,7-12H2,1-2H3;3-7,10H,1-2H3;1-4H,(H,9,10,11);3-6H,1H3;1-6H2;1-4,7-8H;1-4H2;3H,1-2H3;1-2H2;3H,2H2,1H3;4*1H4;1H;;;1H2;1H/q;;;;;-1;;;;;;;;;;;;+1;+2;;/p-2/i;;;;;;;;;;;;;;;;;;;;1+1. The number of aliphatic hydroxyl groups excluding tert-OH is 1. The molecule has 0 bridgehead atoms. The first kappa shape index (κ1) is 142. The maximum atomic E-state index is 14.1. The Morgan fingerprint density at radius 2 is 0.774 bits per heavy atom. The Morgan fingerprint density at radius 1 is 0.432 bits per heavy atom. The summed E-state index contributed by atoms with van der Waals surface area (Å²) in [5, 5.41) is 52.9. The molecule has 0 spiro atoms. The second kappa shape index (κ2) is 81.0. The van der Waals surface area contributed by atoms with Crippen LogP contribution in [0.3, 0.4) is 0 Å². The third kappa shape index (κ3) is 50.9. The first-order valence-electron chi connectivity index (χ1n) is 46.1. The van der Waals surface area contributed by atoms with Crippen molar-refractivity contribution in [2.75, 3.05) is 186 Å². The van der Waals surface area contributed by atoms with Crippen LogP contribution in [-0.4, -0.2) is 285 Å². The molecule has 3 amide bonds. The zero-order valence-electron chi connectivity index (χ0n) is 83.7. The van der Waals surface area contributed by atoms with Gasteiger partial charge in [-0.1, -0.05) is 139 Å². The number of hydrogen-bond donors (Lipinski definition) is 8. The van der Waals surface area contributed by atoms with Gasteiger partial charge in [-0.2, -0.15) is 18.2 Å². The minimum atomic E-state index is -1.64. The number of rotatable bonds is 23. The summed E-state index contributed by atoms with van der Waals surface area (Å²) in [6.45, 7) is 34.9. The van der Waals surface area contributed by atoms with Crippen LogP contribution in [0.15, 0.2) is 237 Å². The minimum absolute atomic E-state index is 0. The average Bonchev–Trinajstić information content (AvgIpc) is 1.57. The Labute approximate surface area is 966 Å². The van der Waals surface area contributed by atoms with E-state index in [1.54, 1.807) is 119 Å². The molecule has 7 heterocycles. The van der Waals surface area contributed by atoms with Crippen molar-refractivity contribution >= 4 is 121 Å². The Hall–Kier alpha value is -7.84. The van der Waals surface area contributed by atoms with Crippen LogP contribution in [0, 0.1) is 6.07 Å². The number of methoxy groups -OCH3 is 3. The number of phenols is 3. The van der Waals surface area contributed by atoms with Gasteiger partial charge in [0.05, 0.1) is 90.5 Å². The van der Waals surface area contributed by atoms with Gasteiger partial charge in [-0.05, 0) is 212 Å². The number of aliphatic hydroxyl groups is 2. The number of alkyl halides is 4. The number of ketones is 1. The molecule has 9 N–H and O–H groups in total. The number of anilines is 3. The van der Waals surface area contributed by atoms with E-state index < -0.39 is 28.6 Å². The SMILES string of the molecule is C.C.C.C.C1CCOC1.CC(C)I.CC(C)Oc1ccc(O)cc1.CC(C)Oc1ccc(OCCN2CCOCC2)cc1.CCO.COc1cc[c-]cc1.COc1ccc(C2(O)C(=O)Nc3ccccc32)cc1.COc1ccc(C2(c3cc(OC(C)C)ccc3OCCN3CCOCC3)C(=O)Nc3ccccc32)cc1.ClCCCl.ClCCN1CCOCC1.O=C1Nc2ccccc2C1=O.Oc1ccc(O)cc1.[2HH].[Br-].[K+].[Mg+2].[OH-]. The van der Waals surface area contributed by atoms with Crippen LogP contribution in [-0.2, 0) is 44.3 Å². The van der Waals surface area contributed by atoms with E-state index >= 15 is 0 Å². The van der Waals surface area contributed by atoms with E-state index in [1.165, 1.54) is 37.1 Å². The molecular formula is C111H156BrCl3IKMgN6O22. The normalized spacial score (nSPS) is 15.4. The second-order valence-corrected chi connectivity index (χ2v) is 35.7. The minimum Gasteiger partial charge on any atom is -1.00 e. The number of phenolic OH excluding ortho intramolecular Hbond substituents is 3. The van der Waals surface area contributed by atoms with Gasteiger partial charge in [0.1, 0.15) is 76.1 Å². The first-order valence-corrected chi connectivity index (χ1v) is 48.9. The molecule has 4 fully saturated rings. The number of nitrogens with zero attached hydrogens (tertiary/aromatic N) is 3. The summed E-state index contributed by atoms with van der Waals surface area (Å²) >= 11 is 18.0. The fourth-order valence-corrected chi connectivity index (χ4v) is 14.1. The summed E-state index contributed by atoms with van der Waals surface area (Å²) < 4.78 is 66.3. The van der Waals surface area contributed by atoms with Crippen LogP contribution >= 0.6 is 57.4 Å². The van der Waals surface area contributed by atoms with Gasteiger partial charge in [-0.15, -0.1) is 46.9 Å². The number of morpholine rings is 3. The topological polar surface area (TPSA) is 356 Å². The third-order valence-electron chi connectivity index (χ3n) is 20.3. The predicted molar refractivity (Wildman–Crippen MR) is 592 cm³/mol. The number of carbonyl (C=O) groups is 4. The van der Waals surface area contributed by atoms with E-state index in [-0.39, 0.29) is 176 Å². The van der Waals surface area contributed by atoms with Crippen molar-refractivity contribution in [2.24, 2.45) is 0 Å². The van der Waals surface area contributed by atoms with Crippen molar-refractivity contribution in [3.8, 4) is 63.2 Å². The van der Waals surface area contributed by atoms with Gasteiger partial charge in [0, 0.05) is 136 Å². The number of halogens is 5. The largest absolute Gasteiger partial charge is 2.00 e. The van der Waals surface area contributed by atoms with Crippen LogP contribution < -0.4 is 122 Å². The van der Waals surface area contributed by atoms with Gasteiger partial charge in [0.15, 0.2) is 5.60 Å². The molecule has 800 valence electrons. The van der Waals surface area contributed by atoms with Crippen molar-refractivity contribution in [1.82, 2.24) is 14.7 Å². The quantitative estimate of drug-likeness (QED) is 0.00736. The Balaban J connectivity index is -0.000000810. The molecule has 146 heavy (non-hydrogen) atoms. The van der Waals surface area contributed by atoms with Gasteiger partial charge < -0.3 is 121 Å². The van der Waals surface area contributed by atoms with E-state index in [1.807, 2.05) is 163 Å². The Kier molecular flexibility index (Phi) is 79.0. The van der Waals surface area contributed by atoms with Gasteiger partial charge in [0.25, 0.3) is 17.6 Å². The molecule has 2 atom stereocenters. The van der Waals surface area contributed by atoms with E-state index in [2.05, 4.69) is 73.2 Å². The predicted octanol–water partition coefficient (Wildman–Crippen LogP) is 15.0. The van der Waals surface area contributed by atoms with Crippen molar-refractivity contribution in [1.29, 1.82) is 0 Å². The summed E-state index contributed by atoms with van der Waals surface area (Å²) in [5.74, 6) is 7.12. The molecule has 0 radical (unpaired) electrons. The average molecular weight is 2300 g/mol. The van der Waals surface area contributed by atoms with Crippen LogP contribution in [0.1, 0.15) is 144 Å². The zero-order valence-corrected chi connectivity index (χ0v) is 94.2. The molecule has 10 aromatic rings. The molecule has 7 aliphatic heterocycles. The number of amides is 3. The first-order chi connectivity index (χ1) is 66.6. The number of ether oxygens (including phenoxy) is 12. The smallest absolute Gasteiger partial charge is 1.00 e. The van der Waals surface area contributed by atoms with Crippen LogP contribution in [0.4, 0.5) is 17.1 Å². The van der Waals surface area contributed by atoms with Crippen molar-refractivity contribution < 1.29 is 177 Å². The third-order valence-corrected chi connectivity index (χ3v) is 21.1. The number of fused-ring (bicyclic) bond motifs is 3. The van der Waals surface area contributed by atoms with Crippen molar-refractivity contribution in [2.45, 2.75) is 138 Å². The maximum Gasteiger partial charge on any atom is 2.00 e. The fraction of sp³-hybridized carbons (Fsp3) is 0.423. The molecule has 10 aromatic carbocycles.